The Balaban J connectivity index is 1.46. The van der Waals surface area contributed by atoms with Crippen LogP contribution in [-0.4, -0.2) is 30.0 Å². The van der Waals surface area contributed by atoms with Crippen molar-refractivity contribution < 1.29 is 9.53 Å². The summed E-state index contributed by atoms with van der Waals surface area (Å²) in [5, 5.41) is 6.45. The first-order chi connectivity index (χ1) is 12.8. The number of carbonyl (C=O) groups is 1. The van der Waals surface area contributed by atoms with Crippen LogP contribution in [-0.2, 0) is 29.3 Å². The molecule has 1 atom stereocenters. The predicted octanol–water partition coefficient (Wildman–Crippen LogP) is 3.11. The minimum atomic E-state index is 0.102. The highest BCUT2D eigenvalue weighted by atomic mass is 32.2. The smallest absolute Gasteiger partial charge is 0.221 e. The van der Waals surface area contributed by atoms with Crippen molar-refractivity contribution in [3.05, 3.63) is 71.3 Å². The summed E-state index contributed by atoms with van der Waals surface area (Å²) in [4.78, 5) is 12.2. The summed E-state index contributed by atoms with van der Waals surface area (Å²) in [5.74, 6) is 2.25. The molecule has 1 fully saturated rings. The molecule has 3 rings (SSSR count). The van der Waals surface area contributed by atoms with Crippen LogP contribution in [0.25, 0.3) is 0 Å². The Morgan fingerprint density at radius 2 is 1.85 bits per heavy atom. The molecule has 0 aromatic heterocycles. The highest BCUT2D eigenvalue weighted by molar-refractivity contribution is 7.99. The lowest BCUT2D eigenvalue weighted by Gasteiger charge is -2.22. The zero-order valence-corrected chi connectivity index (χ0v) is 15.8. The molecule has 2 aromatic carbocycles. The maximum absolute atomic E-state index is 12.2. The second kappa shape index (κ2) is 10.4. The van der Waals surface area contributed by atoms with Gasteiger partial charge in [0.15, 0.2) is 0 Å². The SMILES string of the molecule is O=C(CC1CSCCN1)NCc1ccccc1COCc1ccccc1. The molecule has 0 bridgehead atoms. The third kappa shape index (κ3) is 6.16. The van der Waals surface area contributed by atoms with Gasteiger partial charge < -0.3 is 15.4 Å². The quantitative estimate of drug-likeness (QED) is 0.750. The van der Waals surface area contributed by atoms with E-state index >= 15 is 0 Å². The molecule has 0 spiro atoms. The van der Waals surface area contributed by atoms with E-state index < -0.39 is 0 Å². The summed E-state index contributed by atoms with van der Waals surface area (Å²) in [6.07, 6.45) is 0.541. The maximum Gasteiger partial charge on any atom is 0.221 e. The Morgan fingerprint density at radius 1 is 1.08 bits per heavy atom. The zero-order chi connectivity index (χ0) is 18.0. The third-order valence-corrected chi connectivity index (χ3v) is 5.52. The number of hydrogen-bond acceptors (Lipinski definition) is 4. The molecule has 0 radical (unpaired) electrons. The first-order valence-corrected chi connectivity index (χ1v) is 10.2. The van der Waals surface area contributed by atoms with E-state index in [2.05, 4.69) is 34.9 Å². The summed E-state index contributed by atoms with van der Waals surface area (Å²) in [6.45, 7) is 2.67. The molecule has 2 aromatic rings. The van der Waals surface area contributed by atoms with Crippen molar-refractivity contribution in [2.75, 3.05) is 18.1 Å². The number of thioether (sulfide) groups is 1. The number of amides is 1. The Bertz CT molecular complexity index is 687. The average molecular weight is 371 g/mol. The molecular weight excluding hydrogens is 344 g/mol. The Labute approximate surface area is 159 Å². The molecule has 1 aliphatic rings. The van der Waals surface area contributed by atoms with Crippen LogP contribution in [0.5, 0.6) is 0 Å². The molecule has 5 heteroatoms. The normalized spacial score (nSPS) is 17.0. The highest BCUT2D eigenvalue weighted by Crippen LogP contribution is 2.13. The first-order valence-electron chi connectivity index (χ1n) is 9.07. The molecule has 1 amide bonds. The van der Waals surface area contributed by atoms with E-state index in [4.69, 9.17) is 4.74 Å². The Morgan fingerprint density at radius 3 is 2.62 bits per heavy atom. The second-order valence-electron chi connectivity index (χ2n) is 6.45. The summed E-state index contributed by atoms with van der Waals surface area (Å²) < 4.78 is 5.85. The summed E-state index contributed by atoms with van der Waals surface area (Å²) >= 11 is 1.91. The molecule has 0 aliphatic carbocycles. The lowest BCUT2D eigenvalue weighted by Crippen LogP contribution is -2.41. The van der Waals surface area contributed by atoms with Crippen molar-refractivity contribution in [2.24, 2.45) is 0 Å². The monoisotopic (exact) mass is 370 g/mol. The van der Waals surface area contributed by atoms with Crippen molar-refractivity contribution in [2.45, 2.75) is 32.2 Å². The van der Waals surface area contributed by atoms with E-state index in [1.54, 1.807) is 0 Å². The number of nitrogens with one attached hydrogen (secondary N) is 2. The minimum Gasteiger partial charge on any atom is -0.372 e. The summed E-state index contributed by atoms with van der Waals surface area (Å²) in [5.41, 5.74) is 3.39. The predicted molar refractivity (Wildman–Crippen MR) is 107 cm³/mol. The van der Waals surface area contributed by atoms with Gasteiger partial charge in [-0.3, -0.25) is 4.79 Å². The number of benzene rings is 2. The molecule has 1 aliphatic heterocycles. The van der Waals surface area contributed by atoms with Gasteiger partial charge in [-0.2, -0.15) is 11.8 Å². The van der Waals surface area contributed by atoms with Gasteiger partial charge in [0, 0.05) is 37.1 Å². The van der Waals surface area contributed by atoms with Crippen molar-refractivity contribution >= 4 is 17.7 Å². The van der Waals surface area contributed by atoms with Gasteiger partial charge in [-0.25, -0.2) is 0 Å². The Kier molecular flexibility index (Phi) is 7.55. The first kappa shape index (κ1) is 19.0. The van der Waals surface area contributed by atoms with E-state index in [9.17, 15) is 4.79 Å². The van der Waals surface area contributed by atoms with Gasteiger partial charge in [0.2, 0.25) is 5.91 Å². The van der Waals surface area contributed by atoms with Crippen LogP contribution in [0.4, 0.5) is 0 Å². The van der Waals surface area contributed by atoms with Gasteiger partial charge in [-0.15, -0.1) is 0 Å². The van der Waals surface area contributed by atoms with Gasteiger partial charge in [0.05, 0.1) is 13.2 Å². The molecule has 138 valence electrons. The van der Waals surface area contributed by atoms with E-state index in [0.29, 0.717) is 26.2 Å². The van der Waals surface area contributed by atoms with E-state index in [1.165, 1.54) is 0 Å². The van der Waals surface area contributed by atoms with Gasteiger partial charge in [-0.05, 0) is 16.7 Å². The van der Waals surface area contributed by atoms with Gasteiger partial charge in [-0.1, -0.05) is 54.6 Å². The lowest BCUT2D eigenvalue weighted by atomic mass is 10.1. The van der Waals surface area contributed by atoms with Crippen LogP contribution in [0.15, 0.2) is 54.6 Å². The van der Waals surface area contributed by atoms with Crippen LogP contribution in [0.3, 0.4) is 0 Å². The fourth-order valence-corrected chi connectivity index (χ4v) is 3.91. The fourth-order valence-electron chi connectivity index (χ4n) is 2.96. The molecular formula is C21H26N2O2S. The molecule has 4 nitrogen and oxygen atoms in total. The van der Waals surface area contributed by atoms with Crippen molar-refractivity contribution in [3.8, 4) is 0 Å². The number of rotatable bonds is 8. The second-order valence-corrected chi connectivity index (χ2v) is 7.60. The van der Waals surface area contributed by atoms with Crippen LogP contribution >= 0.6 is 11.8 Å². The number of carbonyl (C=O) groups excluding carboxylic acids is 1. The molecule has 1 saturated heterocycles. The third-order valence-electron chi connectivity index (χ3n) is 4.39. The van der Waals surface area contributed by atoms with E-state index in [1.807, 2.05) is 42.1 Å². The van der Waals surface area contributed by atoms with Crippen LogP contribution in [0.1, 0.15) is 23.1 Å². The largest absolute Gasteiger partial charge is 0.372 e. The van der Waals surface area contributed by atoms with E-state index in [-0.39, 0.29) is 11.9 Å². The zero-order valence-electron chi connectivity index (χ0n) is 14.9. The van der Waals surface area contributed by atoms with Crippen molar-refractivity contribution in [1.82, 2.24) is 10.6 Å². The number of ether oxygens (including phenoxy) is 1. The minimum absolute atomic E-state index is 0.102. The molecule has 1 unspecified atom stereocenters. The van der Waals surface area contributed by atoms with Crippen LogP contribution < -0.4 is 10.6 Å². The fraction of sp³-hybridized carbons (Fsp3) is 0.381. The van der Waals surface area contributed by atoms with Crippen molar-refractivity contribution in [1.29, 1.82) is 0 Å². The lowest BCUT2D eigenvalue weighted by molar-refractivity contribution is -0.121. The molecule has 26 heavy (non-hydrogen) atoms. The maximum atomic E-state index is 12.2. The van der Waals surface area contributed by atoms with E-state index in [0.717, 1.165) is 34.7 Å². The van der Waals surface area contributed by atoms with Gasteiger partial charge in [0.25, 0.3) is 0 Å². The van der Waals surface area contributed by atoms with Gasteiger partial charge >= 0.3 is 0 Å². The summed E-state index contributed by atoms with van der Waals surface area (Å²) in [7, 11) is 0. The molecule has 2 N–H and O–H groups in total. The molecule has 1 heterocycles. The topological polar surface area (TPSA) is 50.4 Å². The van der Waals surface area contributed by atoms with Crippen LogP contribution in [0.2, 0.25) is 0 Å². The Hall–Kier alpha value is -1.82. The standard InChI is InChI=1S/C21H26N2O2S/c24-21(12-20-16-26-11-10-22-20)23-13-18-8-4-5-9-19(18)15-25-14-17-6-2-1-3-7-17/h1-9,20,22H,10-16H2,(H,23,24). The highest BCUT2D eigenvalue weighted by Gasteiger charge is 2.16. The number of hydrogen-bond donors (Lipinski definition) is 2. The average Bonchev–Trinajstić information content (AvgIpc) is 2.69. The van der Waals surface area contributed by atoms with Crippen LogP contribution in [0, 0.1) is 0 Å². The molecule has 0 saturated carbocycles. The summed E-state index contributed by atoms with van der Waals surface area (Å²) in [6, 6.07) is 18.6. The van der Waals surface area contributed by atoms with Crippen molar-refractivity contribution in [3.63, 3.8) is 0 Å². The van der Waals surface area contributed by atoms with Gasteiger partial charge in [0.1, 0.15) is 0 Å².